The molecule has 2 aromatic carbocycles. The molecule has 7 heteroatoms. The lowest BCUT2D eigenvalue weighted by Gasteiger charge is -2.14. The van der Waals surface area contributed by atoms with Crippen LogP contribution in [0.4, 0.5) is 11.4 Å². The number of nitrogens with one attached hydrogen (secondary N) is 3. The Kier molecular flexibility index (Phi) is 4.48. The van der Waals surface area contributed by atoms with Crippen LogP contribution in [0.1, 0.15) is 16.8 Å². The second-order valence-corrected chi connectivity index (χ2v) is 5.76. The molecule has 1 unspecified atom stereocenters. The van der Waals surface area contributed by atoms with Gasteiger partial charge < -0.3 is 16.0 Å². The van der Waals surface area contributed by atoms with Gasteiger partial charge in [0.25, 0.3) is 5.91 Å². The standard InChI is InChI=1S/C17H14ClN3O3/c18-10-4-3-5-11(8-10)19-15(22)9-14-17(24)20-13-7-2-1-6-12(13)16(23)21-14/h1-8,14H,9H2,(H,19,22)(H,20,24)(H,21,23). The Bertz CT molecular complexity index is 822. The average Bonchev–Trinajstić information content (AvgIpc) is 2.65. The van der Waals surface area contributed by atoms with E-state index < -0.39 is 23.8 Å². The van der Waals surface area contributed by atoms with Crippen molar-refractivity contribution in [1.29, 1.82) is 0 Å². The van der Waals surface area contributed by atoms with E-state index in [0.29, 0.717) is 22.0 Å². The fourth-order valence-electron chi connectivity index (χ4n) is 2.42. The van der Waals surface area contributed by atoms with E-state index in [0.717, 1.165) is 0 Å². The lowest BCUT2D eigenvalue weighted by molar-refractivity contribution is -0.122. The van der Waals surface area contributed by atoms with Crippen LogP contribution in [0.5, 0.6) is 0 Å². The van der Waals surface area contributed by atoms with Crippen LogP contribution in [-0.4, -0.2) is 23.8 Å². The summed E-state index contributed by atoms with van der Waals surface area (Å²) < 4.78 is 0. The lowest BCUT2D eigenvalue weighted by Crippen LogP contribution is -2.43. The van der Waals surface area contributed by atoms with Crippen molar-refractivity contribution in [2.75, 3.05) is 10.6 Å². The first kappa shape index (κ1) is 16.0. The molecule has 0 saturated heterocycles. The smallest absolute Gasteiger partial charge is 0.254 e. The van der Waals surface area contributed by atoms with E-state index in [1.165, 1.54) is 0 Å². The van der Waals surface area contributed by atoms with Crippen LogP contribution in [0.2, 0.25) is 5.02 Å². The summed E-state index contributed by atoms with van der Waals surface area (Å²) in [4.78, 5) is 36.6. The molecule has 1 aliphatic heterocycles. The van der Waals surface area contributed by atoms with Gasteiger partial charge in [-0.15, -0.1) is 0 Å². The number of hydrogen-bond acceptors (Lipinski definition) is 3. The van der Waals surface area contributed by atoms with Gasteiger partial charge in [0.15, 0.2) is 0 Å². The number of hydrogen-bond donors (Lipinski definition) is 3. The van der Waals surface area contributed by atoms with Crippen molar-refractivity contribution in [2.45, 2.75) is 12.5 Å². The van der Waals surface area contributed by atoms with E-state index in [1.54, 1.807) is 48.5 Å². The van der Waals surface area contributed by atoms with Gasteiger partial charge in [0.05, 0.1) is 17.7 Å². The van der Waals surface area contributed by atoms with Crippen molar-refractivity contribution < 1.29 is 14.4 Å². The highest BCUT2D eigenvalue weighted by molar-refractivity contribution is 6.30. The highest BCUT2D eigenvalue weighted by Gasteiger charge is 2.29. The molecular formula is C17H14ClN3O3. The molecule has 2 aromatic rings. The van der Waals surface area contributed by atoms with Crippen LogP contribution in [0.3, 0.4) is 0 Å². The van der Waals surface area contributed by atoms with E-state index in [-0.39, 0.29) is 6.42 Å². The van der Waals surface area contributed by atoms with E-state index in [1.807, 2.05) is 0 Å². The van der Waals surface area contributed by atoms with Crippen LogP contribution in [0.15, 0.2) is 48.5 Å². The van der Waals surface area contributed by atoms with Gasteiger partial charge in [0, 0.05) is 10.7 Å². The third-order valence-corrected chi connectivity index (χ3v) is 3.78. The number of anilines is 2. The maximum atomic E-state index is 12.2. The molecule has 6 nitrogen and oxygen atoms in total. The minimum Gasteiger partial charge on any atom is -0.340 e. The maximum absolute atomic E-state index is 12.2. The number of fused-ring (bicyclic) bond motifs is 1. The highest BCUT2D eigenvalue weighted by atomic mass is 35.5. The molecule has 122 valence electrons. The molecule has 3 rings (SSSR count). The van der Waals surface area contributed by atoms with Gasteiger partial charge in [-0.1, -0.05) is 29.8 Å². The number of para-hydroxylation sites is 1. The van der Waals surface area contributed by atoms with Crippen LogP contribution in [0.25, 0.3) is 0 Å². The summed E-state index contributed by atoms with van der Waals surface area (Å²) in [5.41, 5.74) is 1.32. The van der Waals surface area contributed by atoms with Crippen LogP contribution >= 0.6 is 11.6 Å². The molecule has 3 amide bonds. The number of rotatable bonds is 3. The lowest BCUT2D eigenvalue weighted by atomic mass is 10.1. The minimum atomic E-state index is -0.955. The van der Waals surface area contributed by atoms with Gasteiger partial charge in [-0.05, 0) is 30.3 Å². The van der Waals surface area contributed by atoms with Crippen LogP contribution < -0.4 is 16.0 Å². The molecule has 0 bridgehead atoms. The zero-order valence-corrected chi connectivity index (χ0v) is 13.3. The quantitative estimate of drug-likeness (QED) is 0.799. The minimum absolute atomic E-state index is 0.182. The summed E-state index contributed by atoms with van der Waals surface area (Å²) in [5.74, 6) is -1.23. The molecule has 1 heterocycles. The Hall–Kier alpha value is -2.86. The van der Waals surface area contributed by atoms with Gasteiger partial charge in [-0.2, -0.15) is 0 Å². The second kappa shape index (κ2) is 6.72. The van der Waals surface area contributed by atoms with Crippen LogP contribution in [0, 0.1) is 0 Å². The summed E-state index contributed by atoms with van der Waals surface area (Å²) >= 11 is 5.86. The fourth-order valence-corrected chi connectivity index (χ4v) is 2.61. The van der Waals surface area contributed by atoms with E-state index in [2.05, 4.69) is 16.0 Å². The molecule has 1 atom stereocenters. The Morgan fingerprint density at radius 3 is 2.71 bits per heavy atom. The summed E-state index contributed by atoms with van der Waals surface area (Å²) in [6.07, 6.45) is -0.182. The molecule has 3 N–H and O–H groups in total. The fraction of sp³-hybridized carbons (Fsp3) is 0.118. The SMILES string of the molecule is O=C(CC1NC(=O)c2ccccc2NC1=O)Nc1cccc(Cl)c1. The van der Waals surface area contributed by atoms with Crippen molar-refractivity contribution in [3.8, 4) is 0 Å². The molecule has 0 aliphatic carbocycles. The van der Waals surface area contributed by atoms with Crippen LogP contribution in [-0.2, 0) is 9.59 Å². The number of amides is 3. The van der Waals surface area contributed by atoms with Gasteiger partial charge >= 0.3 is 0 Å². The van der Waals surface area contributed by atoms with Gasteiger partial charge in [0.1, 0.15) is 6.04 Å². The zero-order valence-electron chi connectivity index (χ0n) is 12.5. The molecule has 24 heavy (non-hydrogen) atoms. The normalized spacial score (nSPS) is 16.5. The Morgan fingerprint density at radius 2 is 1.92 bits per heavy atom. The molecular weight excluding hydrogens is 330 g/mol. The van der Waals surface area contributed by atoms with Crippen molar-refractivity contribution in [1.82, 2.24) is 5.32 Å². The van der Waals surface area contributed by atoms with Crippen molar-refractivity contribution >= 4 is 40.7 Å². The first-order chi connectivity index (χ1) is 11.5. The Labute approximate surface area is 143 Å². The van der Waals surface area contributed by atoms with E-state index in [9.17, 15) is 14.4 Å². The number of carbonyl (C=O) groups is 3. The zero-order chi connectivity index (χ0) is 17.1. The monoisotopic (exact) mass is 343 g/mol. The highest BCUT2D eigenvalue weighted by Crippen LogP contribution is 2.19. The summed E-state index contributed by atoms with van der Waals surface area (Å²) in [6.45, 7) is 0. The van der Waals surface area contributed by atoms with Gasteiger partial charge in [-0.25, -0.2) is 0 Å². The molecule has 0 aromatic heterocycles. The first-order valence-corrected chi connectivity index (χ1v) is 7.67. The summed E-state index contributed by atoms with van der Waals surface area (Å²) in [7, 11) is 0. The Balaban J connectivity index is 1.70. The second-order valence-electron chi connectivity index (χ2n) is 5.32. The predicted molar refractivity (Wildman–Crippen MR) is 91.0 cm³/mol. The van der Waals surface area contributed by atoms with Gasteiger partial charge in [0.2, 0.25) is 11.8 Å². The summed E-state index contributed by atoms with van der Waals surface area (Å²) in [5, 5.41) is 8.37. The van der Waals surface area contributed by atoms with E-state index in [4.69, 9.17) is 11.6 Å². The van der Waals surface area contributed by atoms with Gasteiger partial charge in [-0.3, -0.25) is 14.4 Å². The van der Waals surface area contributed by atoms with E-state index >= 15 is 0 Å². The predicted octanol–water partition coefficient (Wildman–Crippen LogP) is 2.42. The molecule has 0 radical (unpaired) electrons. The maximum Gasteiger partial charge on any atom is 0.254 e. The number of carbonyl (C=O) groups excluding carboxylic acids is 3. The van der Waals surface area contributed by atoms with Crippen molar-refractivity contribution in [2.24, 2.45) is 0 Å². The number of halogens is 1. The van der Waals surface area contributed by atoms with Crippen molar-refractivity contribution in [3.63, 3.8) is 0 Å². The molecule has 1 aliphatic rings. The molecule has 0 spiro atoms. The largest absolute Gasteiger partial charge is 0.340 e. The van der Waals surface area contributed by atoms with Crippen molar-refractivity contribution in [3.05, 3.63) is 59.1 Å². The Morgan fingerprint density at radius 1 is 1.12 bits per heavy atom. The molecule has 0 saturated carbocycles. The first-order valence-electron chi connectivity index (χ1n) is 7.29. The number of benzene rings is 2. The summed E-state index contributed by atoms with van der Waals surface area (Å²) in [6, 6.07) is 12.4. The molecule has 0 fully saturated rings. The third kappa shape index (κ3) is 3.55. The topological polar surface area (TPSA) is 87.3 Å². The average molecular weight is 344 g/mol. The third-order valence-electron chi connectivity index (χ3n) is 3.55.